The van der Waals surface area contributed by atoms with E-state index in [4.69, 9.17) is 4.74 Å². The number of allylic oxidation sites excluding steroid dienone is 2. The summed E-state index contributed by atoms with van der Waals surface area (Å²) in [4.78, 5) is 13.4. The Bertz CT molecular complexity index is 552. The molecule has 4 nitrogen and oxygen atoms in total. The van der Waals surface area contributed by atoms with Crippen LogP contribution in [0.25, 0.3) is 5.57 Å². The molecule has 0 aliphatic heterocycles. The minimum absolute atomic E-state index is 0.115. The van der Waals surface area contributed by atoms with Crippen molar-refractivity contribution in [2.24, 2.45) is 10.9 Å². The molecule has 0 spiro atoms. The summed E-state index contributed by atoms with van der Waals surface area (Å²) in [6, 6.07) is 1.91. The minimum atomic E-state index is -0.115. The van der Waals surface area contributed by atoms with Gasteiger partial charge in [0, 0.05) is 30.3 Å². The van der Waals surface area contributed by atoms with E-state index in [1.165, 1.54) is 12.8 Å². The van der Waals surface area contributed by atoms with Crippen LogP contribution in [0.4, 0.5) is 0 Å². The molecule has 0 unspecified atom stereocenters. The van der Waals surface area contributed by atoms with Crippen molar-refractivity contribution in [3.05, 3.63) is 23.7 Å². The molecule has 1 aliphatic carbocycles. The summed E-state index contributed by atoms with van der Waals surface area (Å²) in [5.41, 5.74) is 1.74. The number of nitrogens with zero attached hydrogens (tertiary/aromatic N) is 3. The van der Waals surface area contributed by atoms with Crippen LogP contribution in [0.3, 0.4) is 0 Å². The topological polar surface area (TPSA) is 47.4 Å². The molecule has 1 fully saturated rings. The lowest BCUT2D eigenvalue weighted by molar-refractivity contribution is 0.285. The molecule has 0 amide bonds. The third kappa shape index (κ3) is 6.12. The van der Waals surface area contributed by atoms with Crippen LogP contribution in [0.5, 0.6) is 5.88 Å². The van der Waals surface area contributed by atoms with E-state index in [0.29, 0.717) is 11.8 Å². The monoisotopic (exact) mass is 317 g/mol. The van der Waals surface area contributed by atoms with E-state index in [2.05, 4.69) is 35.7 Å². The van der Waals surface area contributed by atoms with Crippen molar-refractivity contribution < 1.29 is 4.74 Å². The average molecular weight is 317 g/mol. The van der Waals surface area contributed by atoms with E-state index >= 15 is 0 Å². The standard InChI is InChI=1S/C17H25N3O.C2H6/c1-6-13(10-18-5)14-9-15(21-11-12-7-8-12)20-16(19-14)17(2,3)4;1-2/h6,9-10,12H,7-8,11H2,1-5H3;1-2H3/b13-6+,18-10?;. The van der Waals surface area contributed by atoms with Crippen LogP contribution in [0.2, 0.25) is 0 Å². The van der Waals surface area contributed by atoms with Crippen molar-refractivity contribution in [3.8, 4) is 5.88 Å². The summed E-state index contributed by atoms with van der Waals surface area (Å²) in [5, 5.41) is 0. The van der Waals surface area contributed by atoms with Crippen LogP contribution in [-0.4, -0.2) is 29.8 Å². The average Bonchev–Trinajstić information content (AvgIpc) is 3.36. The predicted molar refractivity (Wildman–Crippen MR) is 98.4 cm³/mol. The Labute approximate surface area is 141 Å². The Morgan fingerprint density at radius 2 is 1.96 bits per heavy atom. The fourth-order valence-corrected chi connectivity index (χ4v) is 1.90. The van der Waals surface area contributed by atoms with Crippen molar-refractivity contribution in [2.45, 2.75) is 59.8 Å². The van der Waals surface area contributed by atoms with Gasteiger partial charge in [0.1, 0.15) is 5.82 Å². The lowest BCUT2D eigenvalue weighted by Gasteiger charge is -2.19. The molecule has 1 aromatic heterocycles. The van der Waals surface area contributed by atoms with Crippen molar-refractivity contribution >= 4 is 11.8 Å². The predicted octanol–water partition coefficient (Wildman–Crippen LogP) is 4.69. The molecule has 1 saturated carbocycles. The van der Waals surface area contributed by atoms with E-state index in [0.717, 1.165) is 23.7 Å². The summed E-state index contributed by atoms with van der Waals surface area (Å²) >= 11 is 0. The van der Waals surface area contributed by atoms with Crippen molar-refractivity contribution in [2.75, 3.05) is 13.7 Å². The maximum atomic E-state index is 5.86. The van der Waals surface area contributed by atoms with Crippen molar-refractivity contribution in [3.63, 3.8) is 0 Å². The Morgan fingerprint density at radius 3 is 2.43 bits per heavy atom. The highest BCUT2D eigenvalue weighted by Gasteiger charge is 2.24. The molecule has 0 aromatic carbocycles. The highest BCUT2D eigenvalue weighted by Crippen LogP contribution is 2.30. The fourth-order valence-electron chi connectivity index (χ4n) is 1.90. The second kappa shape index (κ2) is 8.80. The second-order valence-electron chi connectivity index (χ2n) is 6.55. The van der Waals surface area contributed by atoms with Gasteiger partial charge in [-0.15, -0.1) is 0 Å². The molecule has 1 heterocycles. The van der Waals surface area contributed by atoms with Crippen molar-refractivity contribution in [1.29, 1.82) is 0 Å². The first-order chi connectivity index (χ1) is 10.9. The van der Waals surface area contributed by atoms with Gasteiger partial charge in [0.05, 0.1) is 12.3 Å². The Kier molecular flexibility index (Phi) is 7.40. The van der Waals surface area contributed by atoms with Gasteiger partial charge in [0.2, 0.25) is 5.88 Å². The van der Waals surface area contributed by atoms with E-state index in [1.807, 2.05) is 39.1 Å². The summed E-state index contributed by atoms with van der Waals surface area (Å²) in [5.74, 6) is 2.18. The molecular formula is C19H31N3O. The van der Waals surface area contributed by atoms with Crippen LogP contribution in [-0.2, 0) is 5.41 Å². The zero-order valence-corrected chi connectivity index (χ0v) is 15.7. The highest BCUT2D eigenvalue weighted by molar-refractivity contribution is 6.08. The number of hydrogen-bond acceptors (Lipinski definition) is 4. The van der Waals surface area contributed by atoms with E-state index in [1.54, 1.807) is 7.05 Å². The van der Waals surface area contributed by atoms with Crippen LogP contribution >= 0.6 is 0 Å². The van der Waals surface area contributed by atoms with Gasteiger partial charge < -0.3 is 4.74 Å². The summed E-state index contributed by atoms with van der Waals surface area (Å²) < 4.78 is 5.86. The molecule has 0 saturated heterocycles. The normalized spacial score (nSPS) is 15.3. The van der Waals surface area contributed by atoms with Gasteiger partial charge in [-0.25, -0.2) is 4.98 Å². The van der Waals surface area contributed by atoms with Crippen LogP contribution in [0, 0.1) is 5.92 Å². The number of rotatable bonds is 5. The third-order valence-electron chi connectivity index (χ3n) is 3.41. The van der Waals surface area contributed by atoms with Crippen LogP contribution < -0.4 is 4.74 Å². The molecule has 128 valence electrons. The van der Waals surface area contributed by atoms with Gasteiger partial charge in [-0.3, -0.25) is 4.99 Å². The van der Waals surface area contributed by atoms with Crippen LogP contribution in [0.1, 0.15) is 65.9 Å². The molecule has 2 rings (SSSR count). The lowest BCUT2D eigenvalue weighted by atomic mass is 9.95. The van der Waals surface area contributed by atoms with Crippen molar-refractivity contribution in [1.82, 2.24) is 9.97 Å². The first-order valence-electron chi connectivity index (χ1n) is 8.55. The first kappa shape index (κ1) is 19.3. The number of aromatic nitrogens is 2. The lowest BCUT2D eigenvalue weighted by Crippen LogP contribution is -2.18. The minimum Gasteiger partial charge on any atom is -0.477 e. The van der Waals surface area contributed by atoms with Gasteiger partial charge >= 0.3 is 0 Å². The van der Waals surface area contributed by atoms with Gasteiger partial charge in [0.15, 0.2) is 0 Å². The third-order valence-corrected chi connectivity index (χ3v) is 3.41. The summed E-state index contributed by atoms with van der Waals surface area (Å²) in [6.07, 6.45) is 6.37. The fraction of sp³-hybridized carbons (Fsp3) is 0.632. The first-order valence-corrected chi connectivity index (χ1v) is 8.55. The SMILES string of the molecule is C/C=C(\C=NC)c1cc(OCC2CC2)nc(C(C)(C)C)n1.CC. The largest absolute Gasteiger partial charge is 0.477 e. The maximum absolute atomic E-state index is 5.86. The smallest absolute Gasteiger partial charge is 0.217 e. The molecule has 0 radical (unpaired) electrons. The molecule has 0 N–H and O–H groups in total. The Morgan fingerprint density at radius 1 is 1.30 bits per heavy atom. The summed E-state index contributed by atoms with van der Waals surface area (Å²) in [7, 11) is 1.76. The number of hydrogen-bond donors (Lipinski definition) is 0. The van der Waals surface area contributed by atoms with Gasteiger partial charge in [-0.1, -0.05) is 40.7 Å². The molecule has 23 heavy (non-hydrogen) atoms. The van der Waals surface area contributed by atoms with Gasteiger partial charge in [0.25, 0.3) is 0 Å². The Hall–Kier alpha value is -1.71. The molecule has 0 bridgehead atoms. The molecule has 4 heteroatoms. The molecular weight excluding hydrogens is 286 g/mol. The zero-order valence-electron chi connectivity index (χ0n) is 15.7. The molecule has 1 aromatic rings. The number of aliphatic imine (C=N–C) groups is 1. The quantitative estimate of drug-likeness (QED) is 0.740. The molecule has 1 aliphatic rings. The van der Waals surface area contributed by atoms with E-state index in [9.17, 15) is 0 Å². The van der Waals surface area contributed by atoms with Crippen LogP contribution in [0.15, 0.2) is 17.1 Å². The summed E-state index contributed by atoms with van der Waals surface area (Å²) in [6.45, 7) is 13.1. The second-order valence-corrected chi connectivity index (χ2v) is 6.55. The molecule has 0 atom stereocenters. The maximum Gasteiger partial charge on any atom is 0.217 e. The van der Waals surface area contributed by atoms with Gasteiger partial charge in [-0.2, -0.15) is 4.98 Å². The van der Waals surface area contributed by atoms with E-state index < -0.39 is 0 Å². The van der Waals surface area contributed by atoms with E-state index in [-0.39, 0.29) is 5.41 Å². The Balaban J connectivity index is 0.00000127. The van der Waals surface area contributed by atoms with Gasteiger partial charge in [-0.05, 0) is 25.7 Å². The number of ether oxygens (including phenoxy) is 1. The highest BCUT2D eigenvalue weighted by atomic mass is 16.5. The zero-order chi connectivity index (χ0) is 17.5.